The summed E-state index contributed by atoms with van der Waals surface area (Å²) in [5.74, 6) is 0. The number of rotatable bonds is 4. The van der Waals surface area contributed by atoms with Gasteiger partial charge in [0, 0.05) is 5.02 Å². The number of allylic oxidation sites excluding steroid dienone is 1. The second kappa shape index (κ2) is 6.43. The van der Waals surface area contributed by atoms with Crippen LogP contribution >= 0.6 is 11.6 Å². The summed E-state index contributed by atoms with van der Waals surface area (Å²) in [6, 6.07) is 19.5. The topological polar surface area (TPSA) is 0 Å². The van der Waals surface area contributed by atoms with Crippen molar-refractivity contribution in [2.24, 2.45) is 0 Å². The summed E-state index contributed by atoms with van der Waals surface area (Å²) in [5.41, 5.74) is 1.09. The molecular weight excluding hydrogens is 244 g/mol. The van der Waals surface area contributed by atoms with Crippen LogP contribution in [0.5, 0.6) is 0 Å². The van der Waals surface area contributed by atoms with E-state index in [-0.39, 0.29) is 0 Å². The second-order valence-corrected chi connectivity index (χ2v) is 5.42. The third-order valence-electron chi connectivity index (χ3n) is 2.40. The molecule has 0 amide bonds. The molecule has 0 aliphatic rings. The summed E-state index contributed by atoms with van der Waals surface area (Å²) in [6.45, 7) is 0. The van der Waals surface area contributed by atoms with Crippen LogP contribution in [0.3, 0.4) is 0 Å². The van der Waals surface area contributed by atoms with Crippen molar-refractivity contribution in [2.45, 2.75) is 6.04 Å². The highest BCUT2D eigenvalue weighted by atomic mass is 35.5. The molecule has 0 aromatic heterocycles. The first-order chi connectivity index (χ1) is 8.36. The monoisotopic (exact) mass is 256 g/mol. The van der Waals surface area contributed by atoms with Crippen molar-refractivity contribution in [2.75, 3.05) is 0 Å². The molecule has 0 saturated heterocycles. The molecule has 0 heterocycles. The molecule has 17 heavy (non-hydrogen) atoms. The maximum Gasteiger partial charge on any atom is 0.0849 e. The van der Waals surface area contributed by atoms with Crippen molar-refractivity contribution in [3.05, 3.63) is 71.3 Å². The van der Waals surface area contributed by atoms with Crippen molar-refractivity contribution in [3.63, 3.8) is 0 Å². The van der Waals surface area contributed by atoms with Crippen molar-refractivity contribution < 1.29 is 0 Å². The summed E-state index contributed by atoms with van der Waals surface area (Å²) < 4.78 is 0. The van der Waals surface area contributed by atoms with E-state index < -0.39 is 0 Å². The maximum atomic E-state index is 6.07. The van der Waals surface area contributed by atoms with Crippen LogP contribution in [0.4, 0.5) is 0 Å². The lowest BCUT2D eigenvalue weighted by Gasteiger charge is -1.97. The molecule has 0 saturated carbocycles. The molecule has 2 radical (unpaired) electrons. The van der Waals surface area contributed by atoms with Gasteiger partial charge in [-0.3, -0.25) is 0 Å². The molecule has 2 rings (SSSR count). The van der Waals surface area contributed by atoms with Crippen molar-refractivity contribution in [1.82, 2.24) is 0 Å². The van der Waals surface area contributed by atoms with Crippen LogP contribution in [-0.4, -0.2) is 9.52 Å². The van der Waals surface area contributed by atoms with Gasteiger partial charge in [0.1, 0.15) is 0 Å². The molecule has 0 unspecified atom stereocenters. The van der Waals surface area contributed by atoms with E-state index in [0.717, 1.165) is 26.1 Å². The van der Waals surface area contributed by atoms with Crippen molar-refractivity contribution >= 4 is 32.4 Å². The van der Waals surface area contributed by atoms with E-state index in [1.807, 2.05) is 30.3 Å². The zero-order chi connectivity index (χ0) is 11.9. The Hall–Kier alpha value is -1.31. The molecule has 0 spiro atoms. The Kier molecular flexibility index (Phi) is 4.60. The Morgan fingerprint density at radius 2 is 1.65 bits per heavy atom. The van der Waals surface area contributed by atoms with Crippen LogP contribution in [0.25, 0.3) is 6.08 Å². The van der Waals surface area contributed by atoms with Gasteiger partial charge in [0.2, 0.25) is 0 Å². The molecule has 0 nitrogen and oxygen atoms in total. The molecule has 0 fully saturated rings. The lowest BCUT2D eigenvalue weighted by Crippen LogP contribution is -2.11. The maximum absolute atomic E-state index is 6.07. The zero-order valence-corrected chi connectivity index (χ0v) is 11.2. The smallest absolute Gasteiger partial charge is 0.0849 e. The highest BCUT2D eigenvalue weighted by molar-refractivity contribution is 6.53. The quantitative estimate of drug-likeness (QED) is 0.730. The van der Waals surface area contributed by atoms with Gasteiger partial charge >= 0.3 is 0 Å². The van der Waals surface area contributed by atoms with Crippen molar-refractivity contribution in [1.29, 1.82) is 0 Å². The highest BCUT2D eigenvalue weighted by Gasteiger charge is 1.93. The molecule has 2 heteroatoms. The standard InChI is InChI=1S/C15H13ClSi/c16-15-11-5-4-7-13(15)8-6-12-17-14-9-2-1-3-10-14/h1-11H,12H2/b8-6-. The lowest BCUT2D eigenvalue weighted by molar-refractivity contribution is 1.63. The molecule has 0 atom stereocenters. The third kappa shape index (κ3) is 3.88. The largest absolute Gasteiger partial charge is 0.0866 e. The first kappa shape index (κ1) is 12.2. The molecular formula is C15H13ClSi. The van der Waals surface area contributed by atoms with Crippen LogP contribution in [0.15, 0.2) is 60.7 Å². The molecule has 2 aromatic rings. The van der Waals surface area contributed by atoms with Gasteiger partial charge < -0.3 is 0 Å². The Bertz CT molecular complexity index is 491. The van der Waals surface area contributed by atoms with Gasteiger partial charge in [-0.15, -0.1) is 0 Å². The summed E-state index contributed by atoms with van der Waals surface area (Å²) in [6.07, 6.45) is 4.28. The average Bonchev–Trinajstić information content (AvgIpc) is 2.38. The highest BCUT2D eigenvalue weighted by Crippen LogP contribution is 2.16. The third-order valence-corrected chi connectivity index (χ3v) is 3.93. The average molecular weight is 257 g/mol. The molecule has 0 aliphatic carbocycles. The van der Waals surface area contributed by atoms with Crippen LogP contribution in [-0.2, 0) is 0 Å². The van der Waals surface area contributed by atoms with Crippen LogP contribution < -0.4 is 5.19 Å². The fraction of sp³-hybridized carbons (Fsp3) is 0.0667. The first-order valence-electron chi connectivity index (χ1n) is 5.56. The SMILES string of the molecule is Clc1ccccc1/C=C\C[Si]c1ccccc1. The van der Waals surface area contributed by atoms with Gasteiger partial charge in [-0.2, -0.15) is 0 Å². The van der Waals surface area contributed by atoms with Gasteiger partial charge in [0.05, 0.1) is 9.52 Å². The van der Waals surface area contributed by atoms with E-state index in [2.05, 4.69) is 36.4 Å². The molecule has 0 N–H and O–H groups in total. The fourth-order valence-electron chi connectivity index (χ4n) is 1.53. The van der Waals surface area contributed by atoms with Gasteiger partial charge in [0.15, 0.2) is 0 Å². The molecule has 2 aromatic carbocycles. The Balaban J connectivity index is 1.89. The summed E-state index contributed by atoms with van der Waals surface area (Å²) in [7, 11) is 0.823. The second-order valence-electron chi connectivity index (χ2n) is 3.67. The minimum atomic E-state index is 0.812. The van der Waals surface area contributed by atoms with E-state index >= 15 is 0 Å². The van der Waals surface area contributed by atoms with Crippen molar-refractivity contribution in [3.8, 4) is 0 Å². The zero-order valence-electron chi connectivity index (χ0n) is 9.44. The predicted molar refractivity (Wildman–Crippen MR) is 77.1 cm³/mol. The summed E-state index contributed by atoms with van der Waals surface area (Å²) in [4.78, 5) is 0. The first-order valence-corrected chi connectivity index (χ1v) is 7.15. The van der Waals surface area contributed by atoms with Crippen LogP contribution in [0.1, 0.15) is 5.56 Å². The van der Waals surface area contributed by atoms with E-state index in [4.69, 9.17) is 11.6 Å². The molecule has 0 bridgehead atoms. The Morgan fingerprint density at radius 3 is 2.41 bits per heavy atom. The van der Waals surface area contributed by atoms with Gasteiger partial charge in [-0.05, 0) is 17.7 Å². The van der Waals surface area contributed by atoms with E-state index in [0.29, 0.717) is 0 Å². The summed E-state index contributed by atoms with van der Waals surface area (Å²) >= 11 is 6.07. The van der Waals surface area contributed by atoms with Gasteiger partial charge in [-0.25, -0.2) is 0 Å². The van der Waals surface area contributed by atoms with Gasteiger partial charge in [-0.1, -0.05) is 77.5 Å². The normalized spacial score (nSPS) is 10.9. The van der Waals surface area contributed by atoms with Gasteiger partial charge in [0.25, 0.3) is 0 Å². The van der Waals surface area contributed by atoms with E-state index in [1.54, 1.807) is 0 Å². The van der Waals surface area contributed by atoms with Crippen LogP contribution in [0.2, 0.25) is 11.1 Å². The van der Waals surface area contributed by atoms with Crippen LogP contribution in [0, 0.1) is 0 Å². The minimum Gasteiger partial charge on any atom is -0.0866 e. The van der Waals surface area contributed by atoms with E-state index in [1.165, 1.54) is 5.19 Å². The fourth-order valence-corrected chi connectivity index (χ4v) is 2.63. The number of benzene rings is 2. The molecule has 84 valence electrons. The Labute approximate surface area is 110 Å². The molecule has 0 aliphatic heterocycles. The summed E-state index contributed by atoms with van der Waals surface area (Å²) in [5, 5.41) is 2.21. The van der Waals surface area contributed by atoms with E-state index in [9.17, 15) is 0 Å². The Morgan fingerprint density at radius 1 is 0.941 bits per heavy atom. The number of halogens is 1. The number of hydrogen-bond acceptors (Lipinski definition) is 0. The minimum absolute atomic E-state index is 0.812. The lowest BCUT2D eigenvalue weighted by atomic mass is 10.2. The number of hydrogen-bond donors (Lipinski definition) is 0. The predicted octanol–water partition coefficient (Wildman–Crippen LogP) is 3.80.